The molecule has 0 fully saturated rings. The second kappa shape index (κ2) is 7.65. The van der Waals surface area contributed by atoms with Gasteiger partial charge in [0.05, 0.1) is 10.6 Å². The lowest BCUT2D eigenvalue weighted by molar-refractivity contribution is 0.0299. The number of aromatic nitrogens is 1. The lowest BCUT2D eigenvalue weighted by atomic mass is 10.2. The van der Waals surface area contributed by atoms with Gasteiger partial charge >= 0.3 is 6.09 Å². The Hall–Kier alpha value is -1.53. The van der Waals surface area contributed by atoms with Crippen LogP contribution in [-0.2, 0) is 4.74 Å². The second-order valence-electron chi connectivity index (χ2n) is 5.64. The smallest absolute Gasteiger partial charge is 0.410 e. The van der Waals surface area contributed by atoms with Crippen LogP contribution in [0.25, 0.3) is 0 Å². The summed E-state index contributed by atoms with van der Waals surface area (Å²) in [6.07, 6.45) is 0.852. The number of rotatable bonds is 4. The van der Waals surface area contributed by atoms with E-state index in [-0.39, 0.29) is 28.2 Å². The molecule has 0 radical (unpaired) electrons. The number of nitrogens with zero attached hydrogens (tertiary/aromatic N) is 2. The Labute approximate surface area is 139 Å². The molecule has 0 spiro atoms. The molecule has 1 heterocycles. The monoisotopic (exact) mass is 347 g/mol. The van der Waals surface area contributed by atoms with Crippen LogP contribution in [0.1, 0.15) is 31.1 Å². The molecular weight excluding hydrogens is 329 g/mol. The molecule has 1 aromatic rings. The van der Waals surface area contributed by atoms with Crippen LogP contribution in [-0.4, -0.2) is 47.6 Å². The first-order chi connectivity index (χ1) is 10.1. The van der Waals surface area contributed by atoms with Crippen molar-refractivity contribution in [3.63, 3.8) is 0 Å². The number of amides is 2. The first kappa shape index (κ1) is 18.5. The summed E-state index contributed by atoms with van der Waals surface area (Å²) < 4.78 is 5.20. The predicted octanol–water partition coefficient (Wildman–Crippen LogP) is 2.99. The maximum Gasteiger partial charge on any atom is 0.410 e. The highest BCUT2D eigenvalue weighted by atomic mass is 35.5. The van der Waals surface area contributed by atoms with E-state index in [0.29, 0.717) is 6.54 Å². The van der Waals surface area contributed by atoms with E-state index in [0.717, 1.165) is 0 Å². The number of hydrogen-bond donors (Lipinski definition) is 1. The van der Waals surface area contributed by atoms with E-state index in [1.165, 1.54) is 17.2 Å². The fourth-order valence-electron chi connectivity index (χ4n) is 1.44. The summed E-state index contributed by atoms with van der Waals surface area (Å²) in [7, 11) is 1.59. The van der Waals surface area contributed by atoms with Gasteiger partial charge in [0.25, 0.3) is 5.91 Å². The van der Waals surface area contributed by atoms with E-state index in [1.54, 1.807) is 27.8 Å². The van der Waals surface area contributed by atoms with E-state index >= 15 is 0 Å². The van der Waals surface area contributed by atoms with Crippen molar-refractivity contribution in [2.24, 2.45) is 0 Å². The predicted molar refractivity (Wildman–Crippen MR) is 85.5 cm³/mol. The quantitative estimate of drug-likeness (QED) is 0.849. The van der Waals surface area contributed by atoms with Gasteiger partial charge in [0.1, 0.15) is 10.8 Å². The van der Waals surface area contributed by atoms with Crippen molar-refractivity contribution in [2.45, 2.75) is 26.4 Å². The molecule has 0 aromatic carbocycles. The molecule has 1 aromatic heterocycles. The van der Waals surface area contributed by atoms with Crippen LogP contribution in [0.3, 0.4) is 0 Å². The maximum atomic E-state index is 11.9. The fraction of sp³-hybridized carbons (Fsp3) is 0.500. The zero-order valence-electron chi connectivity index (χ0n) is 12.9. The summed E-state index contributed by atoms with van der Waals surface area (Å²) in [6.45, 7) is 5.93. The topological polar surface area (TPSA) is 71.5 Å². The minimum Gasteiger partial charge on any atom is -0.444 e. The first-order valence-corrected chi connectivity index (χ1v) is 7.39. The molecule has 2 amide bonds. The summed E-state index contributed by atoms with van der Waals surface area (Å²) in [5.41, 5.74) is -0.331. The molecule has 0 aliphatic carbocycles. The van der Waals surface area contributed by atoms with Crippen LogP contribution in [0.2, 0.25) is 10.2 Å². The average Bonchev–Trinajstić information content (AvgIpc) is 2.36. The van der Waals surface area contributed by atoms with Gasteiger partial charge < -0.3 is 15.0 Å². The van der Waals surface area contributed by atoms with Gasteiger partial charge in [-0.05, 0) is 26.8 Å². The lowest BCUT2D eigenvalue weighted by Crippen LogP contribution is -2.39. The van der Waals surface area contributed by atoms with E-state index in [4.69, 9.17) is 27.9 Å². The standard InChI is InChI=1S/C14H19Cl2N3O3/c1-14(2,3)22-13(21)19(4)6-5-17-12(20)9-8-18-11(16)7-10(9)15/h7-8H,5-6H2,1-4H3,(H,17,20). The van der Waals surface area contributed by atoms with E-state index < -0.39 is 11.7 Å². The molecular formula is C14H19Cl2N3O3. The summed E-state index contributed by atoms with van der Waals surface area (Å²) in [5, 5.41) is 3.09. The van der Waals surface area contributed by atoms with Crippen LogP contribution in [0.4, 0.5) is 4.79 Å². The molecule has 0 unspecified atom stereocenters. The molecule has 122 valence electrons. The molecule has 8 heteroatoms. The summed E-state index contributed by atoms with van der Waals surface area (Å²) >= 11 is 11.6. The van der Waals surface area contributed by atoms with Gasteiger partial charge in [-0.3, -0.25) is 4.79 Å². The van der Waals surface area contributed by atoms with Gasteiger partial charge in [0, 0.05) is 26.3 Å². The van der Waals surface area contributed by atoms with Gasteiger partial charge in [0.15, 0.2) is 0 Å². The highest BCUT2D eigenvalue weighted by Crippen LogP contribution is 2.18. The SMILES string of the molecule is CN(CCNC(=O)c1cnc(Cl)cc1Cl)C(=O)OC(C)(C)C. The van der Waals surface area contributed by atoms with Gasteiger partial charge in [0.2, 0.25) is 0 Å². The molecule has 1 rings (SSSR count). The number of ether oxygens (including phenoxy) is 1. The molecule has 0 bridgehead atoms. The van der Waals surface area contributed by atoms with E-state index in [1.807, 2.05) is 0 Å². The normalized spacial score (nSPS) is 11.0. The van der Waals surface area contributed by atoms with Crippen LogP contribution in [0.15, 0.2) is 12.3 Å². The number of pyridine rings is 1. The molecule has 22 heavy (non-hydrogen) atoms. The van der Waals surface area contributed by atoms with Gasteiger partial charge in [-0.2, -0.15) is 0 Å². The third-order valence-corrected chi connectivity index (χ3v) is 3.02. The Morgan fingerprint density at radius 1 is 1.36 bits per heavy atom. The van der Waals surface area contributed by atoms with Crippen molar-refractivity contribution in [2.75, 3.05) is 20.1 Å². The Morgan fingerprint density at radius 3 is 2.55 bits per heavy atom. The third-order valence-electron chi connectivity index (χ3n) is 2.50. The minimum absolute atomic E-state index is 0.214. The number of likely N-dealkylation sites (N-methyl/N-ethyl adjacent to an activating group) is 1. The number of nitrogens with one attached hydrogen (secondary N) is 1. The number of carbonyl (C=O) groups is 2. The van der Waals surface area contributed by atoms with Crippen molar-refractivity contribution < 1.29 is 14.3 Å². The largest absolute Gasteiger partial charge is 0.444 e. The molecule has 0 atom stereocenters. The highest BCUT2D eigenvalue weighted by Gasteiger charge is 2.19. The number of halogens is 2. The zero-order chi connectivity index (χ0) is 16.9. The summed E-state index contributed by atoms with van der Waals surface area (Å²) in [4.78, 5) is 28.9. The minimum atomic E-state index is -0.558. The van der Waals surface area contributed by atoms with Crippen molar-refractivity contribution >= 4 is 35.2 Å². The van der Waals surface area contributed by atoms with Crippen LogP contribution in [0, 0.1) is 0 Å². The van der Waals surface area contributed by atoms with Crippen LogP contribution < -0.4 is 5.32 Å². The molecule has 1 N–H and O–H groups in total. The van der Waals surface area contributed by atoms with Crippen LogP contribution in [0.5, 0.6) is 0 Å². The highest BCUT2D eigenvalue weighted by molar-refractivity contribution is 6.36. The molecule has 0 aliphatic rings. The molecule has 0 saturated carbocycles. The zero-order valence-corrected chi connectivity index (χ0v) is 14.5. The number of carbonyl (C=O) groups excluding carboxylic acids is 2. The van der Waals surface area contributed by atoms with Crippen molar-refractivity contribution in [1.82, 2.24) is 15.2 Å². The van der Waals surface area contributed by atoms with E-state index in [2.05, 4.69) is 10.3 Å². The Bertz CT molecular complexity index is 559. The van der Waals surface area contributed by atoms with Gasteiger partial charge in [-0.15, -0.1) is 0 Å². The molecule has 0 saturated heterocycles. The fourth-order valence-corrected chi connectivity index (χ4v) is 1.89. The second-order valence-corrected chi connectivity index (χ2v) is 6.44. The molecule has 0 aliphatic heterocycles. The summed E-state index contributed by atoms with van der Waals surface area (Å²) in [5.74, 6) is -0.383. The first-order valence-electron chi connectivity index (χ1n) is 6.63. The molecule has 6 nitrogen and oxygen atoms in total. The number of hydrogen-bond acceptors (Lipinski definition) is 4. The third kappa shape index (κ3) is 6.07. The Morgan fingerprint density at radius 2 is 2.00 bits per heavy atom. The average molecular weight is 348 g/mol. The van der Waals surface area contributed by atoms with Gasteiger partial charge in [-0.25, -0.2) is 9.78 Å². The van der Waals surface area contributed by atoms with Crippen LogP contribution >= 0.6 is 23.2 Å². The summed E-state index contributed by atoms with van der Waals surface area (Å²) in [6, 6.07) is 1.39. The lowest BCUT2D eigenvalue weighted by Gasteiger charge is -2.24. The van der Waals surface area contributed by atoms with Crippen molar-refractivity contribution in [3.8, 4) is 0 Å². The van der Waals surface area contributed by atoms with Crippen molar-refractivity contribution in [3.05, 3.63) is 28.0 Å². The van der Waals surface area contributed by atoms with E-state index in [9.17, 15) is 9.59 Å². The Kier molecular flexibility index (Phi) is 6.44. The van der Waals surface area contributed by atoms with Gasteiger partial charge in [-0.1, -0.05) is 23.2 Å². The Balaban J connectivity index is 2.46. The maximum absolute atomic E-state index is 11.9. The van der Waals surface area contributed by atoms with Crippen molar-refractivity contribution in [1.29, 1.82) is 0 Å².